The first-order valence-corrected chi connectivity index (χ1v) is 9.62. The minimum Gasteiger partial charge on any atom is -0.361 e. The number of benzene rings is 1. The molecule has 0 spiro atoms. The van der Waals surface area contributed by atoms with Crippen molar-refractivity contribution in [2.75, 3.05) is 24.5 Å². The SMILES string of the molecule is CC1CCN(c2nccc(C(=O)NCCc3c[nH]c4ccccc34)n2)CC1. The number of nitrogens with zero attached hydrogens (tertiary/aromatic N) is 3. The fourth-order valence-electron chi connectivity index (χ4n) is 3.58. The van der Waals surface area contributed by atoms with Crippen molar-refractivity contribution in [3.05, 3.63) is 54.0 Å². The number of nitrogens with one attached hydrogen (secondary N) is 2. The fourth-order valence-corrected chi connectivity index (χ4v) is 3.58. The summed E-state index contributed by atoms with van der Waals surface area (Å²) in [4.78, 5) is 26.8. The van der Waals surface area contributed by atoms with Crippen molar-refractivity contribution in [1.29, 1.82) is 0 Å². The minimum atomic E-state index is -0.149. The van der Waals surface area contributed by atoms with E-state index in [0.717, 1.165) is 43.8 Å². The van der Waals surface area contributed by atoms with Crippen molar-refractivity contribution in [2.24, 2.45) is 5.92 Å². The Bertz CT molecular complexity index is 927. The molecule has 3 heterocycles. The van der Waals surface area contributed by atoms with Crippen LogP contribution in [0.3, 0.4) is 0 Å². The first-order valence-electron chi connectivity index (χ1n) is 9.62. The maximum absolute atomic E-state index is 12.5. The van der Waals surface area contributed by atoms with Crippen LogP contribution >= 0.6 is 0 Å². The van der Waals surface area contributed by atoms with E-state index < -0.39 is 0 Å². The molecule has 1 aliphatic rings. The number of anilines is 1. The molecule has 0 atom stereocenters. The lowest BCUT2D eigenvalue weighted by Gasteiger charge is -2.30. The molecule has 6 heteroatoms. The van der Waals surface area contributed by atoms with Crippen LogP contribution in [0.2, 0.25) is 0 Å². The number of piperidine rings is 1. The van der Waals surface area contributed by atoms with Crippen molar-refractivity contribution in [3.8, 4) is 0 Å². The number of carbonyl (C=O) groups is 1. The van der Waals surface area contributed by atoms with E-state index >= 15 is 0 Å². The number of amides is 1. The molecule has 1 amide bonds. The molecule has 27 heavy (non-hydrogen) atoms. The lowest BCUT2D eigenvalue weighted by Crippen LogP contribution is -2.35. The number of para-hydroxylation sites is 1. The van der Waals surface area contributed by atoms with Gasteiger partial charge < -0.3 is 15.2 Å². The molecule has 2 aromatic heterocycles. The van der Waals surface area contributed by atoms with E-state index in [-0.39, 0.29) is 5.91 Å². The van der Waals surface area contributed by atoms with Gasteiger partial charge in [-0.05, 0) is 42.9 Å². The van der Waals surface area contributed by atoms with Gasteiger partial charge in [-0.1, -0.05) is 25.1 Å². The van der Waals surface area contributed by atoms with Gasteiger partial charge in [0, 0.05) is 42.9 Å². The molecule has 0 saturated carbocycles. The zero-order chi connectivity index (χ0) is 18.6. The van der Waals surface area contributed by atoms with E-state index in [0.29, 0.717) is 18.2 Å². The Labute approximate surface area is 159 Å². The molecule has 4 rings (SSSR count). The third-order valence-electron chi connectivity index (χ3n) is 5.30. The van der Waals surface area contributed by atoms with Gasteiger partial charge in [-0.25, -0.2) is 9.97 Å². The molecule has 1 aromatic carbocycles. The van der Waals surface area contributed by atoms with Gasteiger partial charge in [-0.15, -0.1) is 0 Å². The van der Waals surface area contributed by atoms with Crippen LogP contribution in [-0.2, 0) is 6.42 Å². The molecular weight excluding hydrogens is 338 g/mol. The number of aromatic nitrogens is 3. The van der Waals surface area contributed by atoms with Crippen LogP contribution in [-0.4, -0.2) is 40.5 Å². The Kier molecular flexibility index (Phi) is 5.05. The van der Waals surface area contributed by atoms with Crippen LogP contribution < -0.4 is 10.2 Å². The number of fused-ring (bicyclic) bond motifs is 1. The molecule has 0 radical (unpaired) electrons. The van der Waals surface area contributed by atoms with Crippen LogP contribution in [0.15, 0.2) is 42.7 Å². The summed E-state index contributed by atoms with van der Waals surface area (Å²) in [7, 11) is 0. The number of H-pyrrole nitrogens is 1. The second-order valence-corrected chi connectivity index (χ2v) is 7.28. The van der Waals surface area contributed by atoms with E-state index in [2.05, 4.69) is 44.2 Å². The lowest BCUT2D eigenvalue weighted by molar-refractivity contribution is 0.0949. The maximum atomic E-state index is 12.5. The normalized spacial score (nSPS) is 15.2. The summed E-state index contributed by atoms with van der Waals surface area (Å²) < 4.78 is 0. The summed E-state index contributed by atoms with van der Waals surface area (Å²) in [5.74, 6) is 1.26. The molecule has 6 nitrogen and oxygen atoms in total. The quantitative estimate of drug-likeness (QED) is 0.730. The number of aromatic amines is 1. The zero-order valence-electron chi connectivity index (χ0n) is 15.6. The summed E-state index contributed by atoms with van der Waals surface area (Å²) in [6, 6.07) is 9.87. The highest BCUT2D eigenvalue weighted by atomic mass is 16.1. The Morgan fingerprint density at radius 3 is 2.93 bits per heavy atom. The Morgan fingerprint density at radius 2 is 2.07 bits per heavy atom. The van der Waals surface area contributed by atoms with Gasteiger partial charge in [0.05, 0.1) is 0 Å². The number of carbonyl (C=O) groups excluding carboxylic acids is 1. The van der Waals surface area contributed by atoms with E-state index in [1.807, 2.05) is 18.3 Å². The predicted molar refractivity (Wildman–Crippen MR) is 107 cm³/mol. The molecule has 2 N–H and O–H groups in total. The summed E-state index contributed by atoms with van der Waals surface area (Å²) in [6.45, 7) is 4.75. The van der Waals surface area contributed by atoms with Gasteiger partial charge >= 0.3 is 0 Å². The van der Waals surface area contributed by atoms with E-state index in [1.54, 1.807) is 12.3 Å². The molecule has 1 aliphatic heterocycles. The van der Waals surface area contributed by atoms with Crippen molar-refractivity contribution >= 4 is 22.8 Å². The first kappa shape index (κ1) is 17.5. The molecule has 1 saturated heterocycles. The number of hydrogen-bond acceptors (Lipinski definition) is 4. The summed E-state index contributed by atoms with van der Waals surface area (Å²) >= 11 is 0. The highest BCUT2D eigenvalue weighted by Gasteiger charge is 2.19. The van der Waals surface area contributed by atoms with Gasteiger partial charge in [0.25, 0.3) is 5.91 Å². The second kappa shape index (κ2) is 7.78. The molecule has 140 valence electrons. The Balaban J connectivity index is 1.36. The van der Waals surface area contributed by atoms with E-state index in [4.69, 9.17) is 0 Å². The largest absolute Gasteiger partial charge is 0.361 e. The number of hydrogen-bond donors (Lipinski definition) is 2. The summed E-state index contributed by atoms with van der Waals surface area (Å²) in [6.07, 6.45) is 6.75. The second-order valence-electron chi connectivity index (χ2n) is 7.28. The average Bonchev–Trinajstić information content (AvgIpc) is 3.12. The summed E-state index contributed by atoms with van der Waals surface area (Å²) in [5.41, 5.74) is 2.75. The highest BCUT2D eigenvalue weighted by Crippen LogP contribution is 2.20. The molecular formula is C21H25N5O. The van der Waals surface area contributed by atoms with Gasteiger partial charge in [0.1, 0.15) is 5.69 Å². The average molecular weight is 363 g/mol. The van der Waals surface area contributed by atoms with Crippen LogP contribution in [0.1, 0.15) is 35.8 Å². The number of rotatable bonds is 5. The monoisotopic (exact) mass is 363 g/mol. The van der Waals surface area contributed by atoms with Crippen molar-refractivity contribution in [1.82, 2.24) is 20.3 Å². The van der Waals surface area contributed by atoms with Crippen LogP contribution in [0.4, 0.5) is 5.95 Å². The minimum absolute atomic E-state index is 0.149. The van der Waals surface area contributed by atoms with Crippen molar-refractivity contribution in [2.45, 2.75) is 26.2 Å². The lowest BCUT2D eigenvalue weighted by atomic mass is 10.00. The summed E-state index contributed by atoms with van der Waals surface area (Å²) in [5, 5.41) is 4.18. The maximum Gasteiger partial charge on any atom is 0.270 e. The van der Waals surface area contributed by atoms with Crippen LogP contribution in [0.25, 0.3) is 10.9 Å². The van der Waals surface area contributed by atoms with E-state index in [1.165, 1.54) is 10.9 Å². The van der Waals surface area contributed by atoms with Gasteiger partial charge in [0.15, 0.2) is 0 Å². The van der Waals surface area contributed by atoms with Gasteiger partial charge in [-0.2, -0.15) is 0 Å². The molecule has 0 aliphatic carbocycles. The third kappa shape index (κ3) is 3.94. The van der Waals surface area contributed by atoms with Gasteiger partial charge in [0.2, 0.25) is 5.95 Å². The Hall–Kier alpha value is -2.89. The van der Waals surface area contributed by atoms with Crippen molar-refractivity contribution < 1.29 is 4.79 Å². The standard InChI is InChI=1S/C21H25N5O/c1-15-8-12-26(13-9-15)21-23-11-7-19(25-21)20(27)22-10-6-16-14-24-18-5-3-2-4-17(16)18/h2-5,7,11,14-15,24H,6,8-10,12-13H2,1H3,(H,22,27). The molecule has 1 fully saturated rings. The first-order chi connectivity index (χ1) is 13.2. The highest BCUT2D eigenvalue weighted by molar-refractivity contribution is 5.92. The predicted octanol–water partition coefficient (Wildman–Crippen LogP) is 3.17. The molecule has 0 bridgehead atoms. The van der Waals surface area contributed by atoms with Crippen molar-refractivity contribution in [3.63, 3.8) is 0 Å². The third-order valence-corrected chi connectivity index (χ3v) is 5.30. The fraction of sp³-hybridized carbons (Fsp3) is 0.381. The van der Waals surface area contributed by atoms with Crippen LogP contribution in [0.5, 0.6) is 0 Å². The van der Waals surface area contributed by atoms with Crippen LogP contribution in [0, 0.1) is 5.92 Å². The zero-order valence-corrected chi connectivity index (χ0v) is 15.6. The Morgan fingerprint density at radius 1 is 1.26 bits per heavy atom. The van der Waals surface area contributed by atoms with Gasteiger partial charge in [-0.3, -0.25) is 4.79 Å². The van der Waals surface area contributed by atoms with E-state index in [9.17, 15) is 4.79 Å². The topological polar surface area (TPSA) is 73.9 Å². The molecule has 3 aromatic rings. The molecule has 0 unspecified atom stereocenters. The smallest absolute Gasteiger partial charge is 0.270 e.